The van der Waals surface area contributed by atoms with Crippen LogP contribution in [0.3, 0.4) is 0 Å². The van der Waals surface area contributed by atoms with Gasteiger partial charge in [0.15, 0.2) is 0 Å². The van der Waals surface area contributed by atoms with E-state index in [1.165, 1.54) is 0 Å². The lowest BCUT2D eigenvalue weighted by molar-refractivity contribution is -0.133. The average Bonchev–Trinajstić information content (AvgIpc) is 2.29. The van der Waals surface area contributed by atoms with Gasteiger partial charge in [0.25, 0.3) is 0 Å². The molecule has 1 aliphatic rings. The molecule has 1 fully saturated rings. The van der Waals surface area contributed by atoms with Crippen LogP contribution in [0.4, 0.5) is 0 Å². The van der Waals surface area contributed by atoms with Gasteiger partial charge in [-0.3, -0.25) is 4.79 Å². The molecule has 0 aromatic heterocycles. The van der Waals surface area contributed by atoms with Crippen molar-refractivity contribution in [3.8, 4) is 0 Å². The molecule has 15 heavy (non-hydrogen) atoms. The summed E-state index contributed by atoms with van der Waals surface area (Å²) in [5, 5.41) is 0. The summed E-state index contributed by atoms with van der Waals surface area (Å²) in [6.07, 6.45) is 1.38. The summed E-state index contributed by atoms with van der Waals surface area (Å²) in [7, 11) is 0. The number of hydrogen-bond acceptors (Lipinski definition) is 3. The van der Waals surface area contributed by atoms with Crippen LogP contribution in [0.15, 0.2) is 0 Å². The Kier molecular flexibility index (Phi) is 5.05. The smallest absolute Gasteiger partial charge is 0.224 e. The molecule has 1 heterocycles. The van der Waals surface area contributed by atoms with Gasteiger partial charge in [-0.1, -0.05) is 13.8 Å². The second-order valence-electron chi connectivity index (χ2n) is 4.19. The number of nitrogens with zero attached hydrogens (tertiary/aromatic N) is 2. The fourth-order valence-corrected chi connectivity index (χ4v) is 1.81. The fourth-order valence-electron chi connectivity index (χ4n) is 1.81. The zero-order valence-electron chi connectivity index (χ0n) is 9.91. The molecule has 1 unspecified atom stereocenters. The summed E-state index contributed by atoms with van der Waals surface area (Å²) in [5.41, 5.74) is 5.78. The van der Waals surface area contributed by atoms with Crippen molar-refractivity contribution in [3.05, 3.63) is 0 Å². The van der Waals surface area contributed by atoms with Crippen molar-refractivity contribution in [2.75, 3.05) is 32.7 Å². The lowest BCUT2D eigenvalue weighted by atomic mass is 10.1. The maximum Gasteiger partial charge on any atom is 0.224 e. The number of hydrogen-bond donors (Lipinski definition) is 1. The third-order valence-electron chi connectivity index (χ3n) is 3.13. The van der Waals surface area contributed by atoms with Gasteiger partial charge in [0, 0.05) is 38.6 Å². The molecule has 1 atom stereocenters. The number of amides is 1. The predicted octanol–water partition coefficient (Wildman–Crippen LogP) is 0.278. The molecule has 1 aliphatic heterocycles. The highest BCUT2D eigenvalue weighted by atomic mass is 16.2. The SMILES string of the molecule is CCC(N)CC(=O)N1CCN(CC)CC1. The molecule has 1 saturated heterocycles. The predicted molar refractivity (Wildman–Crippen MR) is 61.6 cm³/mol. The molecule has 0 aromatic carbocycles. The van der Waals surface area contributed by atoms with E-state index in [0.29, 0.717) is 6.42 Å². The zero-order valence-corrected chi connectivity index (χ0v) is 9.91. The Morgan fingerprint density at radius 1 is 1.27 bits per heavy atom. The van der Waals surface area contributed by atoms with Crippen molar-refractivity contribution in [3.63, 3.8) is 0 Å². The van der Waals surface area contributed by atoms with Gasteiger partial charge in [-0.25, -0.2) is 0 Å². The van der Waals surface area contributed by atoms with Gasteiger partial charge in [-0.05, 0) is 13.0 Å². The lowest BCUT2D eigenvalue weighted by Gasteiger charge is -2.34. The molecule has 2 N–H and O–H groups in total. The van der Waals surface area contributed by atoms with Crippen LogP contribution < -0.4 is 5.73 Å². The Morgan fingerprint density at radius 3 is 2.33 bits per heavy atom. The summed E-state index contributed by atoms with van der Waals surface area (Å²) in [5.74, 6) is 0.222. The summed E-state index contributed by atoms with van der Waals surface area (Å²) in [6.45, 7) is 8.99. The molecule has 0 aliphatic carbocycles. The number of carbonyl (C=O) groups excluding carboxylic acids is 1. The zero-order chi connectivity index (χ0) is 11.3. The highest BCUT2D eigenvalue weighted by molar-refractivity contribution is 5.76. The van der Waals surface area contributed by atoms with Gasteiger partial charge >= 0.3 is 0 Å². The van der Waals surface area contributed by atoms with E-state index in [1.54, 1.807) is 0 Å². The summed E-state index contributed by atoms with van der Waals surface area (Å²) >= 11 is 0. The molecule has 88 valence electrons. The van der Waals surface area contributed by atoms with Crippen LogP contribution in [0.1, 0.15) is 26.7 Å². The first-order valence-corrected chi connectivity index (χ1v) is 5.93. The molecule has 1 rings (SSSR count). The second-order valence-corrected chi connectivity index (χ2v) is 4.19. The van der Waals surface area contributed by atoms with E-state index in [1.807, 2.05) is 11.8 Å². The maximum absolute atomic E-state index is 11.8. The van der Waals surface area contributed by atoms with Gasteiger partial charge in [0.05, 0.1) is 0 Å². The summed E-state index contributed by atoms with van der Waals surface area (Å²) in [6, 6.07) is 0.0294. The number of nitrogens with two attached hydrogens (primary N) is 1. The fraction of sp³-hybridized carbons (Fsp3) is 0.909. The van der Waals surface area contributed by atoms with Crippen LogP contribution in [0, 0.1) is 0 Å². The minimum atomic E-state index is 0.0294. The number of piperazine rings is 1. The van der Waals surface area contributed by atoms with E-state index in [-0.39, 0.29) is 11.9 Å². The van der Waals surface area contributed by atoms with Crippen molar-refractivity contribution in [2.24, 2.45) is 5.73 Å². The quantitative estimate of drug-likeness (QED) is 0.729. The molecular weight excluding hydrogens is 190 g/mol. The average molecular weight is 213 g/mol. The third-order valence-corrected chi connectivity index (χ3v) is 3.13. The van der Waals surface area contributed by atoms with Crippen molar-refractivity contribution in [1.29, 1.82) is 0 Å². The van der Waals surface area contributed by atoms with Crippen LogP contribution >= 0.6 is 0 Å². The molecule has 0 aromatic rings. The number of rotatable bonds is 4. The number of carbonyl (C=O) groups is 1. The standard InChI is InChI=1S/C11H23N3O/c1-3-10(12)9-11(15)14-7-5-13(4-2)6-8-14/h10H,3-9,12H2,1-2H3. The monoisotopic (exact) mass is 213 g/mol. The largest absolute Gasteiger partial charge is 0.340 e. The van der Waals surface area contributed by atoms with Gasteiger partial charge in [-0.2, -0.15) is 0 Å². The summed E-state index contributed by atoms with van der Waals surface area (Å²) in [4.78, 5) is 16.1. The molecule has 0 bridgehead atoms. The van der Waals surface area contributed by atoms with Gasteiger partial charge in [0.1, 0.15) is 0 Å². The van der Waals surface area contributed by atoms with Crippen molar-refractivity contribution >= 4 is 5.91 Å². The Hall–Kier alpha value is -0.610. The lowest BCUT2D eigenvalue weighted by Crippen LogP contribution is -2.49. The summed E-state index contributed by atoms with van der Waals surface area (Å²) < 4.78 is 0. The van der Waals surface area contributed by atoms with Crippen LogP contribution in [0.2, 0.25) is 0 Å². The van der Waals surface area contributed by atoms with E-state index < -0.39 is 0 Å². The normalized spacial score (nSPS) is 20.3. The highest BCUT2D eigenvalue weighted by Gasteiger charge is 2.20. The molecule has 1 amide bonds. The van der Waals surface area contributed by atoms with Crippen LogP contribution in [-0.4, -0.2) is 54.5 Å². The van der Waals surface area contributed by atoms with E-state index in [9.17, 15) is 4.79 Å². The second kappa shape index (κ2) is 6.08. The Balaban J connectivity index is 2.30. The van der Waals surface area contributed by atoms with Gasteiger partial charge < -0.3 is 15.5 Å². The topological polar surface area (TPSA) is 49.6 Å². The minimum absolute atomic E-state index is 0.0294. The van der Waals surface area contributed by atoms with E-state index in [0.717, 1.165) is 39.1 Å². The first-order chi connectivity index (χ1) is 7.17. The first-order valence-electron chi connectivity index (χ1n) is 5.93. The van der Waals surface area contributed by atoms with Gasteiger partial charge in [-0.15, -0.1) is 0 Å². The van der Waals surface area contributed by atoms with Crippen LogP contribution in [0.5, 0.6) is 0 Å². The number of likely N-dealkylation sites (N-methyl/N-ethyl adjacent to an activating group) is 1. The van der Waals surface area contributed by atoms with E-state index in [4.69, 9.17) is 5.73 Å². The van der Waals surface area contributed by atoms with Crippen LogP contribution in [0.25, 0.3) is 0 Å². The molecule has 4 heteroatoms. The molecule has 0 spiro atoms. The van der Waals surface area contributed by atoms with Crippen molar-refractivity contribution in [1.82, 2.24) is 9.80 Å². The Labute approximate surface area is 92.4 Å². The van der Waals surface area contributed by atoms with E-state index in [2.05, 4.69) is 11.8 Å². The minimum Gasteiger partial charge on any atom is -0.340 e. The molecule has 0 saturated carbocycles. The Morgan fingerprint density at radius 2 is 1.87 bits per heavy atom. The van der Waals surface area contributed by atoms with E-state index >= 15 is 0 Å². The first kappa shape index (κ1) is 12.5. The molecule has 4 nitrogen and oxygen atoms in total. The third kappa shape index (κ3) is 3.80. The molecule has 0 radical (unpaired) electrons. The van der Waals surface area contributed by atoms with Crippen molar-refractivity contribution < 1.29 is 4.79 Å². The maximum atomic E-state index is 11.8. The van der Waals surface area contributed by atoms with Gasteiger partial charge in [0.2, 0.25) is 5.91 Å². The van der Waals surface area contributed by atoms with Crippen LogP contribution in [-0.2, 0) is 4.79 Å². The highest BCUT2D eigenvalue weighted by Crippen LogP contribution is 2.05. The molecular formula is C11H23N3O. The Bertz CT molecular complexity index is 200. The van der Waals surface area contributed by atoms with Crippen molar-refractivity contribution in [2.45, 2.75) is 32.7 Å².